The molecule has 1 amide bonds. The molecule has 1 heterocycles. The van der Waals surface area contributed by atoms with Crippen LogP contribution in [-0.2, 0) is 17.8 Å². The van der Waals surface area contributed by atoms with Gasteiger partial charge in [0.1, 0.15) is 5.75 Å². The van der Waals surface area contributed by atoms with E-state index in [9.17, 15) is 4.79 Å². The first-order chi connectivity index (χ1) is 13.0. The molecular formula is C22H24N2O2S. The van der Waals surface area contributed by atoms with Gasteiger partial charge >= 0.3 is 0 Å². The number of nitrogens with zero attached hydrogens (tertiary/aromatic N) is 1. The summed E-state index contributed by atoms with van der Waals surface area (Å²) in [6.07, 6.45) is 0.814. The zero-order valence-corrected chi connectivity index (χ0v) is 16.7. The standard InChI is InChI=1S/C22H24N2O2S/c1-15-9-10-16(2)22(17(15)3)26-13-20(25)23-12-19-14-27-21(24-19)11-18-7-5-4-6-8-18/h4-10,14H,11-13H2,1-3H3,(H,23,25). The fraction of sp³-hybridized carbons (Fsp3) is 0.273. The lowest BCUT2D eigenvalue weighted by molar-refractivity contribution is -0.123. The van der Waals surface area contributed by atoms with Crippen molar-refractivity contribution in [2.24, 2.45) is 0 Å². The van der Waals surface area contributed by atoms with Crippen molar-refractivity contribution < 1.29 is 9.53 Å². The molecule has 0 atom stereocenters. The molecule has 2 aromatic carbocycles. The predicted molar refractivity (Wildman–Crippen MR) is 109 cm³/mol. The second-order valence-electron chi connectivity index (χ2n) is 6.61. The molecule has 0 saturated carbocycles. The zero-order valence-electron chi connectivity index (χ0n) is 15.9. The second-order valence-corrected chi connectivity index (χ2v) is 7.56. The molecule has 0 aliphatic rings. The maximum Gasteiger partial charge on any atom is 0.258 e. The molecule has 3 rings (SSSR count). The Morgan fingerprint density at radius 2 is 1.81 bits per heavy atom. The van der Waals surface area contributed by atoms with Gasteiger partial charge < -0.3 is 10.1 Å². The van der Waals surface area contributed by atoms with Crippen molar-refractivity contribution >= 4 is 17.2 Å². The Kier molecular flexibility index (Phi) is 6.24. The van der Waals surface area contributed by atoms with E-state index in [1.54, 1.807) is 11.3 Å². The zero-order chi connectivity index (χ0) is 19.2. The van der Waals surface area contributed by atoms with Crippen LogP contribution in [0.1, 0.15) is 33.0 Å². The van der Waals surface area contributed by atoms with Crippen LogP contribution in [0.3, 0.4) is 0 Å². The van der Waals surface area contributed by atoms with Gasteiger partial charge in [-0.05, 0) is 43.0 Å². The van der Waals surface area contributed by atoms with E-state index in [4.69, 9.17) is 4.74 Å². The van der Waals surface area contributed by atoms with Gasteiger partial charge in [0.05, 0.1) is 17.2 Å². The fourth-order valence-corrected chi connectivity index (χ4v) is 3.64. The SMILES string of the molecule is Cc1ccc(C)c(OCC(=O)NCc2csc(Cc3ccccc3)n2)c1C. The van der Waals surface area contributed by atoms with Crippen LogP contribution in [-0.4, -0.2) is 17.5 Å². The molecular weight excluding hydrogens is 356 g/mol. The monoisotopic (exact) mass is 380 g/mol. The average molecular weight is 381 g/mol. The van der Waals surface area contributed by atoms with Gasteiger partial charge in [-0.2, -0.15) is 0 Å². The number of carbonyl (C=O) groups excluding carboxylic acids is 1. The first kappa shape index (κ1) is 19.1. The number of hydrogen-bond donors (Lipinski definition) is 1. The van der Waals surface area contributed by atoms with Gasteiger partial charge in [-0.15, -0.1) is 11.3 Å². The Morgan fingerprint density at radius 3 is 2.59 bits per heavy atom. The van der Waals surface area contributed by atoms with Crippen LogP contribution >= 0.6 is 11.3 Å². The highest BCUT2D eigenvalue weighted by Crippen LogP contribution is 2.25. The first-order valence-corrected chi connectivity index (χ1v) is 9.84. The Labute approximate surface area is 164 Å². The number of aryl methyl sites for hydroxylation is 2. The molecule has 0 aliphatic carbocycles. The Balaban J connectivity index is 1.49. The van der Waals surface area contributed by atoms with Crippen molar-refractivity contribution in [2.75, 3.05) is 6.61 Å². The van der Waals surface area contributed by atoms with E-state index in [0.29, 0.717) is 6.54 Å². The number of nitrogens with one attached hydrogen (secondary N) is 1. The molecule has 0 bridgehead atoms. The molecule has 0 radical (unpaired) electrons. The highest BCUT2D eigenvalue weighted by Gasteiger charge is 2.10. The third-order valence-corrected chi connectivity index (χ3v) is 5.38. The Morgan fingerprint density at radius 1 is 1.07 bits per heavy atom. The van der Waals surface area contributed by atoms with E-state index in [1.807, 2.05) is 50.4 Å². The topological polar surface area (TPSA) is 51.2 Å². The van der Waals surface area contributed by atoms with Crippen molar-refractivity contribution in [3.05, 3.63) is 80.8 Å². The van der Waals surface area contributed by atoms with Gasteiger partial charge in [0, 0.05) is 11.8 Å². The summed E-state index contributed by atoms with van der Waals surface area (Å²) in [5.74, 6) is 0.650. The molecule has 0 saturated heterocycles. The van der Waals surface area contributed by atoms with Crippen LogP contribution in [0, 0.1) is 20.8 Å². The van der Waals surface area contributed by atoms with E-state index in [0.717, 1.165) is 39.6 Å². The molecule has 0 spiro atoms. The van der Waals surface area contributed by atoms with E-state index in [-0.39, 0.29) is 12.5 Å². The number of aromatic nitrogens is 1. The number of amides is 1. The minimum Gasteiger partial charge on any atom is -0.483 e. The molecule has 0 unspecified atom stereocenters. The van der Waals surface area contributed by atoms with Gasteiger partial charge in [0.15, 0.2) is 6.61 Å². The summed E-state index contributed by atoms with van der Waals surface area (Å²) in [6.45, 7) is 6.46. The summed E-state index contributed by atoms with van der Waals surface area (Å²) in [4.78, 5) is 16.7. The summed E-state index contributed by atoms with van der Waals surface area (Å²) in [6, 6.07) is 14.3. The highest BCUT2D eigenvalue weighted by molar-refractivity contribution is 7.09. The lowest BCUT2D eigenvalue weighted by atomic mass is 10.1. The summed E-state index contributed by atoms with van der Waals surface area (Å²) in [7, 11) is 0. The minimum absolute atomic E-state index is 0.00609. The summed E-state index contributed by atoms with van der Waals surface area (Å²) >= 11 is 1.62. The van der Waals surface area contributed by atoms with Gasteiger partial charge in [0.25, 0.3) is 5.91 Å². The smallest absolute Gasteiger partial charge is 0.258 e. The van der Waals surface area contributed by atoms with E-state index in [2.05, 4.69) is 28.5 Å². The van der Waals surface area contributed by atoms with Crippen LogP contribution in [0.4, 0.5) is 0 Å². The molecule has 3 aromatic rings. The van der Waals surface area contributed by atoms with Crippen LogP contribution in [0.5, 0.6) is 5.75 Å². The third kappa shape index (κ3) is 5.17. The average Bonchev–Trinajstić information content (AvgIpc) is 3.11. The normalized spacial score (nSPS) is 10.6. The predicted octanol–water partition coefficient (Wildman–Crippen LogP) is 4.35. The van der Waals surface area contributed by atoms with Gasteiger partial charge in [0.2, 0.25) is 0 Å². The van der Waals surface area contributed by atoms with Gasteiger partial charge in [-0.3, -0.25) is 4.79 Å². The largest absolute Gasteiger partial charge is 0.483 e. The number of ether oxygens (including phenoxy) is 1. The Bertz CT molecular complexity index is 919. The van der Waals surface area contributed by atoms with Gasteiger partial charge in [-0.1, -0.05) is 42.5 Å². The molecule has 140 valence electrons. The van der Waals surface area contributed by atoms with Crippen molar-refractivity contribution in [3.8, 4) is 5.75 Å². The van der Waals surface area contributed by atoms with E-state index in [1.165, 1.54) is 5.56 Å². The van der Waals surface area contributed by atoms with Crippen molar-refractivity contribution in [1.82, 2.24) is 10.3 Å². The Hall–Kier alpha value is -2.66. The van der Waals surface area contributed by atoms with E-state index < -0.39 is 0 Å². The quantitative estimate of drug-likeness (QED) is 0.663. The molecule has 27 heavy (non-hydrogen) atoms. The number of thiazole rings is 1. The highest BCUT2D eigenvalue weighted by atomic mass is 32.1. The molecule has 4 nitrogen and oxygen atoms in total. The summed E-state index contributed by atoms with van der Waals surface area (Å²) in [5, 5.41) is 5.92. The van der Waals surface area contributed by atoms with Crippen LogP contribution in [0.2, 0.25) is 0 Å². The number of benzene rings is 2. The number of rotatable bonds is 7. The lowest BCUT2D eigenvalue weighted by Gasteiger charge is -2.13. The second kappa shape index (κ2) is 8.82. The minimum atomic E-state index is -0.145. The molecule has 1 aromatic heterocycles. The molecule has 1 N–H and O–H groups in total. The first-order valence-electron chi connectivity index (χ1n) is 8.96. The fourth-order valence-electron chi connectivity index (χ4n) is 2.81. The summed E-state index contributed by atoms with van der Waals surface area (Å²) < 4.78 is 5.75. The summed E-state index contributed by atoms with van der Waals surface area (Å²) in [5.41, 5.74) is 5.38. The molecule has 0 fully saturated rings. The lowest BCUT2D eigenvalue weighted by Crippen LogP contribution is -2.28. The van der Waals surface area contributed by atoms with Crippen molar-refractivity contribution in [2.45, 2.75) is 33.7 Å². The van der Waals surface area contributed by atoms with Gasteiger partial charge in [-0.25, -0.2) is 4.98 Å². The third-order valence-electron chi connectivity index (χ3n) is 4.49. The van der Waals surface area contributed by atoms with Crippen molar-refractivity contribution in [3.63, 3.8) is 0 Å². The van der Waals surface area contributed by atoms with Crippen molar-refractivity contribution in [1.29, 1.82) is 0 Å². The maximum absolute atomic E-state index is 12.1. The molecule has 5 heteroatoms. The number of hydrogen-bond acceptors (Lipinski definition) is 4. The van der Waals surface area contributed by atoms with Crippen LogP contribution in [0.15, 0.2) is 47.8 Å². The molecule has 0 aliphatic heterocycles. The van der Waals surface area contributed by atoms with Crippen LogP contribution in [0.25, 0.3) is 0 Å². The maximum atomic E-state index is 12.1. The van der Waals surface area contributed by atoms with E-state index >= 15 is 0 Å². The number of carbonyl (C=O) groups is 1. The van der Waals surface area contributed by atoms with Crippen LogP contribution < -0.4 is 10.1 Å².